The molecular weight excluding hydrogens is 216 g/mol. The van der Waals surface area contributed by atoms with Crippen molar-refractivity contribution in [3.8, 4) is 6.07 Å². The molecule has 1 aromatic heterocycles. The lowest BCUT2D eigenvalue weighted by Gasteiger charge is -2.25. The molecule has 1 atom stereocenters. The smallest absolute Gasteiger partial charge is 0.149 e. The maximum Gasteiger partial charge on any atom is 0.149 e. The summed E-state index contributed by atoms with van der Waals surface area (Å²) in [5.74, 6) is 0.739. The maximum atomic E-state index is 9.05. The van der Waals surface area contributed by atoms with Crippen molar-refractivity contribution < 1.29 is 0 Å². The van der Waals surface area contributed by atoms with Gasteiger partial charge in [0.05, 0.1) is 11.9 Å². The Morgan fingerprint density at radius 2 is 2.18 bits per heavy atom. The Morgan fingerprint density at radius 3 is 2.65 bits per heavy atom. The van der Waals surface area contributed by atoms with Crippen molar-refractivity contribution in [2.24, 2.45) is 0 Å². The van der Waals surface area contributed by atoms with Crippen LogP contribution in [0.25, 0.3) is 0 Å². The van der Waals surface area contributed by atoms with Gasteiger partial charge in [-0.15, -0.1) is 0 Å². The highest BCUT2D eigenvalue weighted by Crippen LogP contribution is 2.22. The fourth-order valence-electron chi connectivity index (χ4n) is 1.56. The van der Waals surface area contributed by atoms with Gasteiger partial charge in [0.1, 0.15) is 23.3 Å². The van der Waals surface area contributed by atoms with Crippen LogP contribution in [-0.4, -0.2) is 30.1 Å². The van der Waals surface area contributed by atoms with Crippen LogP contribution in [0.1, 0.15) is 18.9 Å². The van der Waals surface area contributed by atoms with Gasteiger partial charge in [-0.3, -0.25) is 4.90 Å². The Hall–Kier alpha value is -2.00. The van der Waals surface area contributed by atoms with Gasteiger partial charge < -0.3 is 16.8 Å². The zero-order valence-corrected chi connectivity index (χ0v) is 10.4. The predicted octanol–water partition coefficient (Wildman–Crippen LogP) is 0.827. The molecule has 0 aliphatic heterocycles. The zero-order chi connectivity index (χ0) is 13.0. The monoisotopic (exact) mass is 234 g/mol. The molecule has 0 bridgehead atoms. The van der Waals surface area contributed by atoms with E-state index in [2.05, 4.69) is 10.3 Å². The molecular formula is C11H18N6. The summed E-state index contributed by atoms with van der Waals surface area (Å²) in [5.41, 5.74) is 12.0. The van der Waals surface area contributed by atoms with Crippen LogP contribution in [0.2, 0.25) is 0 Å². The largest absolute Gasteiger partial charge is 0.397 e. The summed E-state index contributed by atoms with van der Waals surface area (Å²) < 4.78 is 0. The van der Waals surface area contributed by atoms with Gasteiger partial charge in [-0.05, 0) is 20.5 Å². The Labute approximate surface area is 101 Å². The predicted molar refractivity (Wildman–Crippen MR) is 69.2 cm³/mol. The van der Waals surface area contributed by atoms with Gasteiger partial charge in [-0.2, -0.15) is 5.26 Å². The molecule has 5 N–H and O–H groups in total. The van der Waals surface area contributed by atoms with Gasteiger partial charge in [-0.1, -0.05) is 6.92 Å². The normalized spacial score (nSPS) is 12.2. The van der Waals surface area contributed by atoms with E-state index in [-0.39, 0.29) is 6.17 Å². The maximum absolute atomic E-state index is 9.05. The summed E-state index contributed by atoms with van der Waals surface area (Å²) in [4.78, 5) is 6.11. The molecule has 0 radical (unpaired) electrons. The molecule has 6 heteroatoms. The number of anilines is 3. The van der Waals surface area contributed by atoms with Gasteiger partial charge in [0.2, 0.25) is 0 Å². The third-order valence-corrected chi connectivity index (χ3v) is 2.49. The van der Waals surface area contributed by atoms with Gasteiger partial charge >= 0.3 is 0 Å². The van der Waals surface area contributed by atoms with Crippen LogP contribution in [0, 0.1) is 11.3 Å². The molecule has 0 fully saturated rings. The Balaban J connectivity index is 3.09. The topological polar surface area (TPSA) is 104 Å². The number of rotatable bonds is 4. The number of nitriles is 1. The number of nitrogens with zero attached hydrogens (tertiary/aromatic N) is 3. The average molecular weight is 234 g/mol. The standard InChI is InChI=1S/C11H18N6/c1-4-10(17(2)3)16-11-7(6-12)8(13)5-9(14)15-11/h5,10H,4H2,1-3H3,(H5,13,14,15,16). The SMILES string of the molecule is CCC(Nc1nc(N)cc(N)c1C#N)N(C)C. The van der Waals surface area contributed by atoms with Crippen molar-refractivity contribution in [3.63, 3.8) is 0 Å². The fraction of sp³-hybridized carbons (Fsp3) is 0.455. The summed E-state index contributed by atoms with van der Waals surface area (Å²) in [6, 6.07) is 3.52. The lowest BCUT2D eigenvalue weighted by molar-refractivity contribution is 0.315. The van der Waals surface area contributed by atoms with Crippen LogP contribution in [0.4, 0.5) is 17.3 Å². The van der Waals surface area contributed by atoms with Gasteiger partial charge in [0, 0.05) is 6.07 Å². The number of hydrogen-bond acceptors (Lipinski definition) is 6. The number of nitrogens with two attached hydrogens (primary N) is 2. The molecule has 0 spiro atoms. The summed E-state index contributed by atoms with van der Waals surface area (Å²) in [6.45, 7) is 2.04. The fourth-order valence-corrected chi connectivity index (χ4v) is 1.56. The highest BCUT2D eigenvalue weighted by Gasteiger charge is 2.14. The van der Waals surface area contributed by atoms with Crippen LogP contribution >= 0.6 is 0 Å². The van der Waals surface area contributed by atoms with E-state index in [0.717, 1.165) is 6.42 Å². The summed E-state index contributed by atoms with van der Waals surface area (Å²) in [6.07, 6.45) is 0.949. The summed E-state index contributed by atoms with van der Waals surface area (Å²) in [5, 5.41) is 12.2. The van der Waals surface area contributed by atoms with E-state index in [9.17, 15) is 0 Å². The highest BCUT2D eigenvalue weighted by atomic mass is 15.2. The second kappa shape index (κ2) is 5.37. The van der Waals surface area contributed by atoms with Crippen molar-refractivity contribution in [2.45, 2.75) is 19.5 Å². The average Bonchev–Trinajstić information content (AvgIpc) is 2.24. The van der Waals surface area contributed by atoms with E-state index in [0.29, 0.717) is 22.9 Å². The van der Waals surface area contributed by atoms with E-state index < -0.39 is 0 Å². The zero-order valence-electron chi connectivity index (χ0n) is 10.4. The van der Waals surface area contributed by atoms with Crippen molar-refractivity contribution in [2.75, 3.05) is 30.9 Å². The third kappa shape index (κ3) is 2.98. The van der Waals surface area contributed by atoms with Gasteiger partial charge in [0.25, 0.3) is 0 Å². The number of nitrogens with one attached hydrogen (secondary N) is 1. The first-order chi connectivity index (χ1) is 7.99. The first-order valence-corrected chi connectivity index (χ1v) is 5.38. The molecule has 1 aromatic rings. The van der Waals surface area contributed by atoms with Crippen molar-refractivity contribution in [1.82, 2.24) is 9.88 Å². The molecule has 1 unspecified atom stereocenters. The Morgan fingerprint density at radius 1 is 1.53 bits per heavy atom. The lowest BCUT2D eigenvalue weighted by atomic mass is 10.2. The first kappa shape index (κ1) is 13.1. The van der Waals surface area contributed by atoms with E-state index in [1.807, 2.05) is 32.0 Å². The molecule has 92 valence electrons. The first-order valence-electron chi connectivity index (χ1n) is 5.38. The van der Waals surface area contributed by atoms with Crippen LogP contribution in [0.3, 0.4) is 0 Å². The van der Waals surface area contributed by atoms with Crippen LogP contribution in [0.5, 0.6) is 0 Å². The Bertz CT molecular complexity index is 434. The minimum Gasteiger partial charge on any atom is -0.397 e. The number of hydrogen-bond donors (Lipinski definition) is 3. The van der Waals surface area contributed by atoms with Crippen LogP contribution < -0.4 is 16.8 Å². The minimum atomic E-state index is 0.0794. The summed E-state index contributed by atoms with van der Waals surface area (Å²) >= 11 is 0. The molecule has 0 aliphatic rings. The molecule has 0 amide bonds. The van der Waals surface area contributed by atoms with Crippen molar-refractivity contribution in [3.05, 3.63) is 11.6 Å². The van der Waals surface area contributed by atoms with Gasteiger partial charge in [0.15, 0.2) is 0 Å². The van der Waals surface area contributed by atoms with Crippen LogP contribution in [0.15, 0.2) is 6.07 Å². The number of aromatic nitrogens is 1. The van der Waals surface area contributed by atoms with E-state index in [1.165, 1.54) is 6.07 Å². The molecule has 0 saturated heterocycles. The lowest BCUT2D eigenvalue weighted by Crippen LogP contribution is -2.35. The highest BCUT2D eigenvalue weighted by molar-refractivity contribution is 5.69. The van der Waals surface area contributed by atoms with Gasteiger partial charge in [-0.25, -0.2) is 4.98 Å². The molecule has 0 aromatic carbocycles. The minimum absolute atomic E-state index is 0.0794. The van der Waals surface area contributed by atoms with Crippen LogP contribution in [-0.2, 0) is 0 Å². The molecule has 6 nitrogen and oxygen atoms in total. The molecule has 0 aliphatic carbocycles. The van der Waals surface area contributed by atoms with Crippen molar-refractivity contribution in [1.29, 1.82) is 5.26 Å². The van der Waals surface area contributed by atoms with E-state index >= 15 is 0 Å². The van der Waals surface area contributed by atoms with Crippen molar-refractivity contribution >= 4 is 17.3 Å². The van der Waals surface area contributed by atoms with E-state index in [4.69, 9.17) is 16.7 Å². The molecule has 17 heavy (non-hydrogen) atoms. The quantitative estimate of drug-likeness (QED) is 0.666. The second-order valence-electron chi connectivity index (χ2n) is 4.00. The molecule has 1 heterocycles. The van der Waals surface area contributed by atoms with E-state index in [1.54, 1.807) is 0 Å². The molecule has 1 rings (SSSR count). The summed E-state index contributed by atoms with van der Waals surface area (Å²) in [7, 11) is 3.89. The number of pyridine rings is 1. The number of nitrogen functional groups attached to an aromatic ring is 2. The molecule has 0 saturated carbocycles. The second-order valence-corrected chi connectivity index (χ2v) is 4.00. The Kier molecular flexibility index (Phi) is 4.12. The third-order valence-electron chi connectivity index (χ3n) is 2.49.